The van der Waals surface area contributed by atoms with Crippen LogP contribution in [0.2, 0.25) is 0 Å². The summed E-state index contributed by atoms with van der Waals surface area (Å²) in [7, 11) is -3.32. The van der Waals surface area contributed by atoms with E-state index in [1.54, 1.807) is 0 Å². The van der Waals surface area contributed by atoms with E-state index in [9.17, 15) is 8.42 Å². The molecule has 1 heterocycles. The van der Waals surface area contributed by atoms with Gasteiger partial charge >= 0.3 is 0 Å². The summed E-state index contributed by atoms with van der Waals surface area (Å²) in [5, 5.41) is 0.113. The van der Waals surface area contributed by atoms with Crippen molar-refractivity contribution in [2.24, 2.45) is 5.92 Å². The maximum absolute atomic E-state index is 11.6. The van der Waals surface area contributed by atoms with Crippen LogP contribution in [-0.2, 0) is 22.7 Å². The number of anilines is 1. The summed E-state index contributed by atoms with van der Waals surface area (Å²) in [4.78, 5) is 8.00. The second-order valence-electron chi connectivity index (χ2n) is 4.43. The van der Waals surface area contributed by atoms with Gasteiger partial charge in [0.2, 0.25) is 5.95 Å². The Morgan fingerprint density at radius 2 is 2.06 bits per heavy atom. The molecule has 16 heavy (non-hydrogen) atoms. The molecule has 1 unspecified atom stereocenters. The van der Waals surface area contributed by atoms with Crippen LogP contribution in [0.15, 0.2) is 5.03 Å². The summed E-state index contributed by atoms with van der Waals surface area (Å²) in [6, 6.07) is 0. The van der Waals surface area contributed by atoms with Crippen molar-refractivity contribution < 1.29 is 8.42 Å². The van der Waals surface area contributed by atoms with Gasteiger partial charge in [0, 0.05) is 11.8 Å². The lowest BCUT2D eigenvalue weighted by Crippen LogP contribution is -2.19. The minimum absolute atomic E-state index is 0.0497. The Balaban J connectivity index is 2.65. The number of fused-ring (bicyclic) bond motifs is 1. The highest BCUT2D eigenvalue weighted by Crippen LogP contribution is 2.28. The average Bonchev–Trinajstić information content (AvgIpc) is 2.16. The second kappa shape index (κ2) is 3.69. The third-order valence-electron chi connectivity index (χ3n) is 2.85. The van der Waals surface area contributed by atoms with Gasteiger partial charge in [-0.3, -0.25) is 0 Å². The maximum Gasteiger partial charge on any atom is 0.221 e. The van der Waals surface area contributed by atoms with Crippen molar-refractivity contribution in [2.75, 3.05) is 12.0 Å². The molecule has 1 aliphatic carbocycles. The van der Waals surface area contributed by atoms with Gasteiger partial charge in [-0.2, -0.15) is 0 Å². The van der Waals surface area contributed by atoms with Crippen LogP contribution in [-0.4, -0.2) is 24.6 Å². The molecule has 1 aromatic rings. The van der Waals surface area contributed by atoms with Crippen molar-refractivity contribution in [2.45, 2.75) is 31.2 Å². The standard InChI is InChI=1S/C10H15N3O2S/c1-6-3-4-8-7(5-6)9(16(2,14)15)13-10(11)12-8/h6H,3-5H2,1-2H3,(H2,11,12,13). The molecule has 2 rings (SSSR count). The van der Waals surface area contributed by atoms with Gasteiger partial charge in [-0.05, 0) is 25.2 Å². The van der Waals surface area contributed by atoms with Crippen LogP contribution in [0.4, 0.5) is 5.95 Å². The molecule has 0 aromatic carbocycles. The van der Waals surface area contributed by atoms with Crippen molar-refractivity contribution in [1.29, 1.82) is 0 Å². The van der Waals surface area contributed by atoms with Crippen LogP contribution < -0.4 is 5.73 Å². The molecule has 0 aliphatic heterocycles. The first-order chi connectivity index (χ1) is 7.38. The molecular formula is C10H15N3O2S. The minimum Gasteiger partial charge on any atom is -0.368 e. The van der Waals surface area contributed by atoms with Crippen LogP contribution in [0.5, 0.6) is 0 Å². The predicted octanol–water partition coefficient (Wildman–Crippen LogP) is 0.587. The average molecular weight is 241 g/mol. The normalized spacial score (nSPS) is 20.5. The lowest BCUT2D eigenvalue weighted by molar-refractivity contribution is 0.482. The Bertz CT molecular complexity index is 525. The first-order valence-electron chi connectivity index (χ1n) is 5.23. The van der Waals surface area contributed by atoms with Crippen molar-refractivity contribution in [3.63, 3.8) is 0 Å². The Morgan fingerprint density at radius 3 is 2.69 bits per heavy atom. The largest absolute Gasteiger partial charge is 0.368 e. The van der Waals surface area contributed by atoms with Gasteiger partial charge in [0.05, 0.1) is 5.69 Å². The van der Waals surface area contributed by atoms with Crippen LogP contribution in [0.1, 0.15) is 24.6 Å². The molecule has 2 N–H and O–H groups in total. The Labute approximate surface area is 95.0 Å². The number of aryl methyl sites for hydroxylation is 1. The number of nitrogen functional groups attached to an aromatic ring is 1. The topological polar surface area (TPSA) is 85.9 Å². The highest BCUT2D eigenvalue weighted by atomic mass is 32.2. The molecule has 88 valence electrons. The van der Waals surface area contributed by atoms with Crippen molar-refractivity contribution in [1.82, 2.24) is 9.97 Å². The van der Waals surface area contributed by atoms with Gasteiger partial charge in [-0.25, -0.2) is 18.4 Å². The minimum atomic E-state index is -3.32. The van der Waals surface area contributed by atoms with Crippen LogP contribution in [0.25, 0.3) is 0 Å². The highest BCUT2D eigenvalue weighted by Gasteiger charge is 2.25. The first kappa shape index (κ1) is 11.3. The second-order valence-corrected chi connectivity index (χ2v) is 6.36. The number of nitrogens with two attached hydrogens (primary N) is 1. The van der Waals surface area contributed by atoms with Crippen LogP contribution in [0.3, 0.4) is 0 Å². The third kappa shape index (κ3) is 2.02. The van der Waals surface area contributed by atoms with Crippen molar-refractivity contribution in [3.8, 4) is 0 Å². The molecule has 6 heteroatoms. The molecule has 0 fully saturated rings. The van der Waals surface area contributed by atoms with E-state index in [4.69, 9.17) is 5.73 Å². The number of hydrogen-bond acceptors (Lipinski definition) is 5. The molecule has 1 aromatic heterocycles. The third-order valence-corrected chi connectivity index (χ3v) is 3.89. The Kier molecular flexibility index (Phi) is 2.61. The van der Waals surface area contributed by atoms with E-state index in [1.807, 2.05) is 0 Å². The zero-order valence-corrected chi connectivity index (χ0v) is 10.2. The van der Waals surface area contributed by atoms with Gasteiger partial charge in [-0.15, -0.1) is 0 Å². The molecular weight excluding hydrogens is 226 g/mol. The number of rotatable bonds is 1. The monoisotopic (exact) mass is 241 g/mol. The molecule has 0 bridgehead atoms. The summed E-state index contributed by atoms with van der Waals surface area (Å²) in [6.07, 6.45) is 3.69. The fourth-order valence-electron chi connectivity index (χ4n) is 2.08. The lowest BCUT2D eigenvalue weighted by Gasteiger charge is -2.22. The summed E-state index contributed by atoms with van der Waals surface area (Å²) in [6.45, 7) is 2.10. The quantitative estimate of drug-likeness (QED) is 0.727. The van der Waals surface area contributed by atoms with Crippen molar-refractivity contribution >= 4 is 15.8 Å². The molecule has 1 aliphatic rings. The SMILES string of the molecule is CC1CCc2nc(N)nc(S(C)(=O)=O)c2C1. The van der Waals surface area contributed by atoms with Gasteiger partial charge in [0.15, 0.2) is 14.9 Å². The van der Waals surface area contributed by atoms with Gasteiger partial charge in [0.1, 0.15) is 0 Å². The van der Waals surface area contributed by atoms with Gasteiger partial charge in [0.25, 0.3) is 0 Å². The molecule has 0 saturated carbocycles. The zero-order chi connectivity index (χ0) is 11.9. The smallest absolute Gasteiger partial charge is 0.221 e. The van der Waals surface area contributed by atoms with E-state index in [0.29, 0.717) is 5.92 Å². The van der Waals surface area contributed by atoms with Crippen molar-refractivity contribution in [3.05, 3.63) is 11.3 Å². The summed E-state index contributed by atoms with van der Waals surface area (Å²) in [5.74, 6) is 0.522. The summed E-state index contributed by atoms with van der Waals surface area (Å²) >= 11 is 0. The fraction of sp³-hybridized carbons (Fsp3) is 0.600. The zero-order valence-electron chi connectivity index (χ0n) is 9.40. The number of hydrogen-bond donors (Lipinski definition) is 1. The summed E-state index contributed by atoms with van der Waals surface area (Å²) in [5.41, 5.74) is 7.08. The maximum atomic E-state index is 11.6. The van der Waals surface area contributed by atoms with Gasteiger partial charge in [-0.1, -0.05) is 6.92 Å². The van der Waals surface area contributed by atoms with Gasteiger partial charge < -0.3 is 5.73 Å². The van der Waals surface area contributed by atoms with E-state index in [0.717, 1.165) is 36.8 Å². The van der Waals surface area contributed by atoms with E-state index < -0.39 is 9.84 Å². The number of nitrogens with zero attached hydrogens (tertiary/aromatic N) is 2. The van der Waals surface area contributed by atoms with E-state index in [-0.39, 0.29) is 11.0 Å². The predicted molar refractivity (Wildman–Crippen MR) is 60.7 cm³/mol. The molecule has 5 nitrogen and oxygen atoms in total. The number of sulfone groups is 1. The lowest BCUT2D eigenvalue weighted by atomic mass is 9.89. The van der Waals surface area contributed by atoms with Crippen LogP contribution in [0, 0.1) is 5.92 Å². The first-order valence-corrected chi connectivity index (χ1v) is 7.12. The molecule has 1 atom stereocenters. The molecule has 0 spiro atoms. The van der Waals surface area contributed by atoms with E-state index in [1.165, 1.54) is 0 Å². The fourth-order valence-corrected chi connectivity index (χ4v) is 2.99. The molecule has 0 amide bonds. The highest BCUT2D eigenvalue weighted by molar-refractivity contribution is 7.90. The van der Waals surface area contributed by atoms with E-state index in [2.05, 4.69) is 16.9 Å². The summed E-state index contributed by atoms with van der Waals surface area (Å²) < 4.78 is 23.2. The van der Waals surface area contributed by atoms with Crippen LogP contribution >= 0.6 is 0 Å². The number of aromatic nitrogens is 2. The molecule has 0 saturated heterocycles. The molecule has 0 radical (unpaired) electrons. The Morgan fingerprint density at radius 1 is 1.38 bits per heavy atom. The Hall–Kier alpha value is -1.17. The van der Waals surface area contributed by atoms with E-state index >= 15 is 0 Å².